The van der Waals surface area contributed by atoms with Crippen LogP contribution in [-0.2, 0) is 14.3 Å². The van der Waals surface area contributed by atoms with E-state index in [4.69, 9.17) is 14.2 Å². The first kappa shape index (κ1) is 22.8. The Balaban J connectivity index is 1.55. The number of hydrogen-bond donors (Lipinski definition) is 1. The van der Waals surface area contributed by atoms with Gasteiger partial charge in [0.05, 0.1) is 30.8 Å². The van der Waals surface area contributed by atoms with Crippen LogP contribution in [0.1, 0.15) is 38.5 Å². The fourth-order valence-corrected chi connectivity index (χ4v) is 6.96. The van der Waals surface area contributed by atoms with Gasteiger partial charge in [-0.3, -0.25) is 9.69 Å². The lowest BCUT2D eigenvalue weighted by Gasteiger charge is -2.55. The Morgan fingerprint density at radius 2 is 1.97 bits per heavy atom. The molecular formula is C26H36N2O5. The molecule has 1 saturated carbocycles. The first-order valence-electron chi connectivity index (χ1n) is 12.3. The topological polar surface area (TPSA) is 71.5 Å². The standard InChI is InChI=1S/C26H36N2O5/c1-31-17-33-23-15-22(29)24-26(16-19-7-5-3-4-6-13-27(19)24)21(23)12-14-28(25(26)30)18-8-10-20(32-2)11-9-18/h5,7-11,19,21-24,29H,3-4,6,12-17H2,1-2H3/b7-5-/t19-,21-,22+,23-,24-,26-/m0/s1. The van der Waals surface area contributed by atoms with Crippen molar-refractivity contribution < 1.29 is 24.1 Å². The maximum absolute atomic E-state index is 14.4. The van der Waals surface area contributed by atoms with Crippen molar-refractivity contribution in [2.45, 2.75) is 62.8 Å². The van der Waals surface area contributed by atoms with Gasteiger partial charge in [0.2, 0.25) is 5.91 Å². The van der Waals surface area contributed by atoms with Gasteiger partial charge in [-0.25, -0.2) is 0 Å². The molecule has 33 heavy (non-hydrogen) atoms. The van der Waals surface area contributed by atoms with E-state index in [-0.39, 0.29) is 36.8 Å². The van der Waals surface area contributed by atoms with Gasteiger partial charge in [-0.2, -0.15) is 0 Å². The highest BCUT2D eigenvalue weighted by Crippen LogP contribution is 2.58. The first-order valence-corrected chi connectivity index (χ1v) is 12.3. The van der Waals surface area contributed by atoms with Gasteiger partial charge in [0.1, 0.15) is 12.5 Å². The second-order valence-electron chi connectivity index (χ2n) is 9.88. The lowest BCUT2D eigenvalue weighted by molar-refractivity contribution is -0.182. The van der Waals surface area contributed by atoms with Crippen molar-refractivity contribution in [1.82, 2.24) is 4.90 Å². The van der Waals surface area contributed by atoms with Crippen molar-refractivity contribution >= 4 is 11.6 Å². The normalized spacial score (nSPS) is 37.5. The number of aliphatic hydroxyl groups is 1. The molecule has 4 aliphatic rings. The highest BCUT2D eigenvalue weighted by atomic mass is 16.7. The molecule has 7 nitrogen and oxygen atoms in total. The van der Waals surface area contributed by atoms with Crippen molar-refractivity contribution in [3.63, 3.8) is 0 Å². The molecule has 0 bridgehead atoms. The smallest absolute Gasteiger partial charge is 0.235 e. The van der Waals surface area contributed by atoms with Gasteiger partial charge in [-0.05, 0) is 62.9 Å². The molecule has 3 fully saturated rings. The van der Waals surface area contributed by atoms with E-state index in [1.54, 1.807) is 14.2 Å². The number of allylic oxidation sites excluding steroid dienone is 1. The number of benzene rings is 1. The van der Waals surface area contributed by atoms with Gasteiger partial charge in [0, 0.05) is 37.7 Å². The Morgan fingerprint density at radius 3 is 2.73 bits per heavy atom. The molecule has 1 N–H and O–H groups in total. The minimum Gasteiger partial charge on any atom is -0.497 e. The van der Waals surface area contributed by atoms with E-state index >= 15 is 0 Å². The predicted octanol–water partition coefficient (Wildman–Crippen LogP) is 2.97. The van der Waals surface area contributed by atoms with Crippen LogP contribution >= 0.6 is 0 Å². The maximum atomic E-state index is 14.4. The lowest BCUT2D eigenvalue weighted by atomic mass is 9.57. The highest BCUT2D eigenvalue weighted by molar-refractivity contribution is 6.00. The minimum absolute atomic E-state index is 0.0599. The third-order valence-corrected chi connectivity index (χ3v) is 8.29. The number of methoxy groups -OCH3 is 2. The molecule has 3 aliphatic heterocycles. The Hall–Kier alpha value is -1.93. The molecule has 7 heteroatoms. The van der Waals surface area contributed by atoms with Crippen molar-refractivity contribution in [3.05, 3.63) is 36.4 Å². The number of piperidine rings is 1. The van der Waals surface area contributed by atoms with E-state index in [2.05, 4.69) is 17.1 Å². The number of fused-ring (bicyclic) bond motifs is 2. The number of carbonyl (C=O) groups excluding carboxylic acids is 1. The van der Waals surface area contributed by atoms with E-state index < -0.39 is 11.5 Å². The molecule has 3 heterocycles. The largest absolute Gasteiger partial charge is 0.497 e. The van der Waals surface area contributed by atoms with E-state index in [1.807, 2.05) is 29.2 Å². The number of amides is 1. The van der Waals surface area contributed by atoms with Crippen molar-refractivity contribution in [1.29, 1.82) is 0 Å². The zero-order valence-electron chi connectivity index (χ0n) is 19.7. The maximum Gasteiger partial charge on any atom is 0.235 e. The van der Waals surface area contributed by atoms with Crippen LogP contribution in [0.3, 0.4) is 0 Å². The van der Waals surface area contributed by atoms with Gasteiger partial charge >= 0.3 is 0 Å². The van der Waals surface area contributed by atoms with E-state index in [9.17, 15) is 9.90 Å². The van der Waals surface area contributed by atoms with Crippen LogP contribution in [0.4, 0.5) is 5.69 Å². The summed E-state index contributed by atoms with van der Waals surface area (Å²) in [4.78, 5) is 18.8. The summed E-state index contributed by atoms with van der Waals surface area (Å²) in [6.45, 7) is 1.75. The number of aliphatic hydroxyl groups excluding tert-OH is 1. The quantitative estimate of drug-likeness (QED) is 0.543. The summed E-state index contributed by atoms with van der Waals surface area (Å²) in [6.07, 6.45) is 9.18. The first-order chi connectivity index (χ1) is 16.1. The van der Waals surface area contributed by atoms with Gasteiger partial charge in [-0.1, -0.05) is 12.2 Å². The van der Waals surface area contributed by atoms with Crippen LogP contribution < -0.4 is 9.64 Å². The SMILES string of the molecule is COCO[C@H]1C[C@@H](O)[C@@H]2N3CCCC/C=C\[C@H]3C[C@@]23C(=O)N(c2ccc(OC)cc2)CC[C@@H]13. The number of ether oxygens (including phenoxy) is 3. The fourth-order valence-electron chi connectivity index (χ4n) is 6.96. The minimum atomic E-state index is -0.673. The number of anilines is 1. The summed E-state index contributed by atoms with van der Waals surface area (Å²) in [5.74, 6) is 0.956. The molecule has 5 rings (SSSR count). The third kappa shape index (κ3) is 3.79. The molecule has 180 valence electrons. The highest BCUT2D eigenvalue weighted by Gasteiger charge is 2.68. The van der Waals surface area contributed by atoms with E-state index in [0.717, 1.165) is 50.1 Å². The summed E-state index contributed by atoms with van der Waals surface area (Å²) >= 11 is 0. The van der Waals surface area contributed by atoms with Gasteiger partial charge < -0.3 is 24.2 Å². The summed E-state index contributed by atoms with van der Waals surface area (Å²) in [7, 11) is 3.26. The predicted molar refractivity (Wildman–Crippen MR) is 125 cm³/mol. The van der Waals surface area contributed by atoms with Gasteiger partial charge in [0.25, 0.3) is 0 Å². The summed E-state index contributed by atoms with van der Waals surface area (Å²) in [5.41, 5.74) is 0.213. The monoisotopic (exact) mass is 456 g/mol. The molecule has 1 aromatic rings. The second kappa shape index (κ2) is 9.37. The molecule has 2 saturated heterocycles. The Kier molecular flexibility index (Phi) is 6.49. The van der Waals surface area contributed by atoms with Crippen LogP contribution in [0.25, 0.3) is 0 Å². The Labute approximate surface area is 196 Å². The fraction of sp³-hybridized carbons (Fsp3) is 0.654. The molecule has 1 amide bonds. The van der Waals surface area contributed by atoms with Crippen LogP contribution in [0.5, 0.6) is 5.75 Å². The van der Waals surface area contributed by atoms with Gasteiger partial charge in [0.15, 0.2) is 0 Å². The van der Waals surface area contributed by atoms with Crippen LogP contribution in [-0.4, -0.2) is 74.3 Å². The molecule has 1 aromatic carbocycles. The summed E-state index contributed by atoms with van der Waals surface area (Å²) in [5, 5.41) is 11.5. The lowest BCUT2D eigenvalue weighted by Crippen LogP contribution is -2.68. The molecule has 6 atom stereocenters. The molecule has 1 spiro atoms. The van der Waals surface area contributed by atoms with Crippen molar-refractivity contribution in [3.8, 4) is 5.75 Å². The average Bonchev–Trinajstić information content (AvgIpc) is 3.13. The van der Waals surface area contributed by atoms with E-state index in [0.29, 0.717) is 13.0 Å². The summed E-state index contributed by atoms with van der Waals surface area (Å²) in [6, 6.07) is 7.70. The zero-order chi connectivity index (χ0) is 23.0. The molecular weight excluding hydrogens is 420 g/mol. The van der Waals surface area contributed by atoms with Crippen LogP contribution in [0, 0.1) is 11.3 Å². The van der Waals surface area contributed by atoms with Crippen LogP contribution in [0.15, 0.2) is 36.4 Å². The van der Waals surface area contributed by atoms with Crippen molar-refractivity contribution in [2.24, 2.45) is 11.3 Å². The number of hydrogen-bond acceptors (Lipinski definition) is 6. The van der Waals surface area contributed by atoms with Crippen LogP contribution in [0.2, 0.25) is 0 Å². The average molecular weight is 457 g/mol. The number of rotatable bonds is 5. The summed E-state index contributed by atoms with van der Waals surface area (Å²) < 4.78 is 16.6. The molecule has 0 unspecified atom stereocenters. The Morgan fingerprint density at radius 1 is 1.15 bits per heavy atom. The number of nitrogens with zero attached hydrogens (tertiary/aromatic N) is 2. The van der Waals surface area contributed by atoms with Crippen molar-refractivity contribution in [2.75, 3.05) is 39.0 Å². The Bertz CT molecular complexity index is 874. The zero-order valence-corrected chi connectivity index (χ0v) is 19.7. The van der Waals surface area contributed by atoms with Gasteiger partial charge in [-0.15, -0.1) is 0 Å². The third-order valence-electron chi connectivity index (χ3n) is 8.29. The molecule has 1 aliphatic carbocycles. The molecule has 0 radical (unpaired) electrons. The van der Waals surface area contributed by atoms with E-state index in [1.165, 1.54) is 0 Å². The molecule has 0 aromatic heterocycles. The number of carbonyl (C=O) groups is 1. The second-order valence-corrected chi connectivity index (χ2v) is 9.88.